The summed E-state index contributed by atoms with van der Waals surface area (Å²) in [7, 11) is 0. The number of carbonyl (C=O) groups excluding carboxylic acids is 3. The van der Waals surface area contributed by atoms with E-state index in [1.165, 1.54) is 24.3 Å². The van der Waals surface area contributed by atoms with Crippen molar-refractivity contribution < 1.29 is 37.4 Å². The molecule has 0 radical (unpaired) electrons. The second-order valence-electron chi connectivity index (χ2n) is 13.8. The zero-order valence-electron chi connectivity index (χ0n) is 30.0. The van der Waals surface area contributed by atoms with E-state index in [1.54, 1.807) is 24.3 Å². The standard InChI is InChI=1S/C40H35Br4Cl2F2N3O6/c41-28-7-22(8-29(42)38(28)55-18-24-9-26(45)13-32(36(24)47)49-15-20-1-2-20)5-6-34(52)57-35(53)17-51-40(54)23-11-30(43)39(31(44)12-23)56-19-25-10-27(46)14-33(37(25)48)50-16-21-3-4-21/h7-14,20-21,49-50H,1-6,15-19H2,(H,51,54). The molecule has 4 aromatic rings. The van der Waals surface area contributed by atoms with Gasteiger partial charge in [0.05, 0.1) is 35.7 Å². The Hall–Kier alpha value is -2.95. The van der Waals surface area contributed by atoms with Gasteiger partial charge in [-0.25, -0.2) is 13.6 Å². The van der Waals surface area contributed by atoms with Crippen LogP contribution in [0.25, 0.3) is 0 Å². The summed E-state index contributed by atoms with van der Waals surface area (Å²) in [6.07, 6.45) is 4.61. The molecule has 3 N–H and O–H groups in total. The molecule has 0 spiro atoms. The van der Waals surface area contributed by atoms with Gasteiger partial charge in [0.1, 0.15) is 31.3 Å². The third kappa shape index (κ3) is 12.5. The van der Waals surface area contributed by atoms with E-state index >= 15 is 8.78 Å². The monoisotopic (exact) mass is 1080 g/mol. The fraction of sp³-hybridized carbons (Fsp3) is 0.325. The third-order valence-corrected chi connectivity index (χ3v) is 11.9. The van der Waals surface area contributed by atoms with Crippen LogP contribution in [0.4, 0.5) is 20.2 Å². The molecule has 0 heterocycles. The molecule has 1 amide bonds. The maximum absolute atomic E-state index is 15.2. The second-order valence-corrected chi connectivity index (χ2v) is 18.1. The smallest absolute Gasteiger partial charge is 0.333 e. The molecule has 4 aromatic carbocycles. The molecule has 2 aliphatic carbocycles. The van der Waals surface area contributed by atoms with Crippen molar-refractivity contribution in [2.75, 3.05) is 30.3 Å². The number of hydrogen-bond donors (Lipinski definition) is 3. The molecule has 0 aromatic heterocycles. The van der Waals surface area contributed by atoms with Crippen molar-refractivity contribution in [3.05, 3.63) is 110 Å². The van der Waals surface area contributed by atoms with Gasteiger partial charge in [0.15, 0.2) is 11.6 Å². The first kappa shape index (κ1) is 43.6. The largest absolute Gasteiger partial charge is 0.486 e. The van der Waals surface area contributed by atoms with Gasteiger partial charge in [-0.05, 0) is 162 Å². The molecule has 2 fully saturated rings. The topological polar surface area (TPSA) is 115 Å². The molecule has 6 rings (SSSR count). The summed E-state index contributed by atoms with van der Waals surface area (Å²) in [6, 6.07) is 12.6. The molecule has 0 atom stereocenters. The SMILES string of the molecule is O=C(CCc1cc(Br)c(OCc2cc(Cl)cc(NCC3CC3)c2F)c(Br)c1)OC(=O)CNC(=O)c1cc(Br)c(OCc2cc(Cl)cc(NCC3CC3)c2F)c(Br)c1. The number of halogens is 8. The van der Waals surface area contributed by atoms with E-state index < -0.39 is 36.0 Å². The highest BCUT2D eigenvalue weighted by molar-refractivity contribution is 9.11. The van der Waals surface area contributed by atoms with Gasteiger partial charge in [-0.1, -0.05) is 23.2 Å². The molecule has 2 aliphatic rings. The first-order chi connectivity index (χ1) is 27.2. The van der Waals surface area contributed by atoms with E-state index in [4.69, 9.17) is 37.4 Å². The van der Waals surface area contributed by atoms with Crippen LogP contribution >= 0.6 is 86.9 Å². The van der Waals surface area contributed by atoms with Crippen LogP contribution in [-0.2, 0) is 34.0 Å². The van der Waals surface area contributed by atoms with Gasteiger partial charge < -0.3 is 30.2 Å². The molecule has 0 saturated heterocycles. The number of anilines is 2. The first-order valence-electron chi connectivity index (χ1n) is 17.9. The van der Waals surface area contributed by atoms with Gasteiger partial charge in [-0.3, -0.25) is 9.59 Å². The number of hydrogen-bond acceptors (Lipinski definition) is 8. The Balaban J connectivity index is 0.951. The summed E-state index contributed by atoms with van der Waals surface area (Å²) in [4.78, 5) is 37.8. The maximum Gasteiger partial charge on any atom is 0.333 e. The molecule has 0 unspecified atom stereocenters. The average Bonchev–Trinajstić information content (AvgIpc) is 4.10. The van der Waals surface area contributed by atoms with Crippen molar-refractivity contribution in [3.8, 4) is 11.5 Å². The molecule has 0 aliphatic heterocycles. The lowest BCUT2D eigenvalue weighted by Gasteiger charge is -2.15. The number of aryl methyl sites for hydroxylation is 1. The number of amides is 1. The number of ether oxygens (including phenoxy) is 3. The molecule has 0 bridgehead atoms. The van der Waals surface area contributed by atoms with Gasteiger partial charge in [-0.15, -0.1) is 0 Å². The highest BCUT2D eigenvalue weighted by Gasteiger charge is 2.24. The van der Waals surface area contributed by atoms with Gasteiger partial charge in [-0.2, -0.15) is 0 Å². The number of rotatable bonds is 18. The predicted octanol–water partition coefficient (Wildman–Crippen LogP) is 11.6. The zero-order chi connectivity index (χ0) is 40.8. The summed E-state index contributed by atoms with van der Waals surface area (Å²) in [5.74, 6) is -1.35. The number of carbonyl (C=O) groups is 3. The highest BCUT2D eigenvalue weighted by atomic mass is 79.9. The van der Waals surface area contributed by atoms with Crippen LogP contribution in [0, 0.1) is 23.5 Å². The summed E-state index contributed by atoms with van der Waals surface area (Å²) in [5.41, 5.74) is 2.11. The van der Waals surface area contributed by atoms with Crippen LogP contribution in [0.1, 0.15) is 59.2 Å². The summed E-state index contributed by atoms with van der Waals surface area (Å²) < 4.78 is 49.0. The van der Waals surface area contributed by atoms with Gasteiger partial charge in [0, 0.05) is 39.8 Å². The van der Waals surface area contributed by atoms with Crippen molar-refractivity contribution in [1.29, 1.82) is 0 Å². The van der Waals surface area contributed by atoms with Crippen LogP contribution < -0.4 is 25.4 Å². The van der Waals surface area contributed by atoms with Crippen LogP contribution in [0.15, 0.2) is 66.4 Å². The Morgan fingerprint density at radius 1 is 0.667 bits per heavy atom. The Bertz CT molecular complexity index is 2150. The van der Waals surface area contributed by atoms with Crippen molar-refractivity contribution in [2.24, 2.45) is 11.8 Å². The van der Waals surface area contributed by atoms with E-state index in [0.29, 0.717) is 81.3 Å². The summed E-state index contributed by atoms with van der Waals surface area (Å²) >= 11 is 26.2. The Morgan fingerprint density at radius 3 is 1.58 bits per heavy atom. The first-order valence-corrected chi connectivity index (χ1v) is 21.8. The van der Waals surface area contributed by atoms with Crippen molar-refractivity contribution >= 4 is 116 Å². The third-order valence-electron chi connectivity index (χ3n) is 9.08. The van der Waals surface area contributed by atoms with Crippen LogP contribution in [0.5, 0.6) is 11.5 Å². The predicted molar refractivity (Wildman–Crippen MR) is 229 cm³/mol. The van der Waals surface area contributed by atoms with E-state index in [1.807, 2.05) is 0 Å². The van der Waals surface area contributed by atoms with E-state index in [9.17, 15) is 14.4 Å². The normalized spacial score (nSPS) is 13.5. The molecule has 9 nitrogen and oxygen atoms in total. The minimum Gasteiger partial charge on any atom is -0.486 e. The van der Waals surface area contributed by atoms with Gasteiger partial charge in [0.2, 0.25) is 0 Å². The molecular weight excluding hydrogens is 1050 g/mol. The van der Waals surface area contributed by atoms with Crippen LogP contribution in [0.2, 0.25) is 10.0 Å². The Labute approximate surface area is 371 Å². The van der Waals surface area contributed by atoms with E-state index in [-0.39, 0.29) is 37.2 Å². The molecule has 17 heteroatoms. The lowest BCUT2D eigenvalue weighted by Crippen LogP contribution is -2.31. The lowest BCUT2D eigenvalue weighted by atomic mass is 10.1. The summed E-state index contributed by atoms with van der Waals surface area (Å²) in [6.45, 7) is 0.598. The van der Waals surface area contributed by atoms with Crippen LogP contribution in [0.3, 0.4) is 0 Å². The van der Waals surface area contributed by atoms with Gasteiger partial charge in [0.25, 0.3) is 5.91 Å². The Kier molecular flexibility index (Phi) is 15.2. The fourth-order valence-corrected chi connectivity index (χ4v) is 9.06. The average molecular weight is 1080 g/mol. The number of esters is 2. The minimum absolute atomic E-state index is 0.0768. The van der Waals surface area contributed by atoms with Gasteiger partial charge >= 0.3 is 11.9 Å². The summed E-state index contributed by atoms with van der Waals surface area (Å²) in [5, 5.41) is 9.45. The highest BCUT2D eigenvalue weighted by Crippen LogP contribution is 2.38. The quantitative estimate of drug-likeness (QED) is 0.0667. The van der Waals surface area contributed by atoms with Crippen molar-refractivity contribution in [1.82, 2.24) is 5.32 Å². The molecule has 57 heavy (non-hydrogen) atoms. The fourth-order valence-electron chi connectivity index (χ4n) is 5.65. The maximum atomic E-state index is 15.2. The van der Waals surface area contributed by atoms with E-state index in [2.05, 4.69) is 79.7 Å². The van der Waals surface area contributed by atoms with Crippen molar-refractivity contribution in [2.45, 2.75) is 51.7 Å². The Morgan fingerprint density at radius 2 is 1.12 bits per heavy atom. The minimum atomic E-state index is -0.939. The molecule has 302 valence electrons. The second kappa shape index (κ2) is 19.9. The number of benzene rings is 4. The zero-order valence-corrected chi connectivity index (χ0v) is 37.9. The van der Waals surface area contributed by atoms with Crippen LogP contribution in [-0.4, -0.2) is 37.5 Å². The number of nitrogens with one attached hydrogen (secondary N) is 3. The molecule has 2 saturated carbocycles. The van der Waals surface area contributed by atoms with Crippen molar-refractivity contribution in [3.63, 3.8) is 0 Å². The molecular formula is C40H35Br4Cl2F2N3O6. The van der Waals surface area contributed by atoms with E-state index in [0.717, 1.165) is 31.2 Å². The lowest BCUT2D eigenvalue weighted by molar-refractivity contribution is -0.158.